The third-order valence-corrected chi connectivity index (χ3v) is 22.8. The lowest BCUT2D eigenvalue weighted by Crippen LogP contribution is -2.82. The molecule has 12 rings (SSSR count). The Morgan fingerprint density at radius 2 is 0.610 bits per heavy atom. The topological polar surface area (TPSA) is 6.48 Å². The zero-order valence-corrected chi connectivity index (χ0v) is 34.5. The Kier molecular flexibility index (Phi) is 7.67. The molecule has 0 saturated heterocycles. The maximum absolute atomic E-state index is 3.04. The predicted molar refractivity (Wildman–Crippen MR) is 253 cm³/mol. The van der Waals surface area contributed by atoms with E-state index in [2.05, 4.69) is 240 Å². The van der Waals surface area contributed by atoms with Crippen LogP contribution in [0, 0.1) is 0 Å². The second-order valence-corrected chi connectivity index (χ2v) is 23.5. The molecular weight excluding hydrogens is 745 g/mol. The fraction of sp³-hybridized carbons (Fsp3) is 0.0182. The molecule has 0 fully saturated rings. The van der Waals surface area contributed by atoms with E-state index in [-0.39, 0.29) is 0 Å². The summed E-state index contributed by atoms with van der Waals surface area (Å²) in [7, 11) is -6.08. The normalized spacial score (nSPS) is 14.9. The van der Waals surface area contributed by atoms with Crippen LogP contribution in [0.3, 0.4) is 0 Å². The first-order valence-corrected chi connectivity index (χ1v) is 24.7. The van der Waals surface area contributed by atoms with Crippen LogP contribution in [0.5, 0.6) is 0 Å². The van der Waals surface area contributed by atoms with Gasteiger partial charge in [-0.15, -0.1) is 0 Å². The number of fused-ring (bicyclic) bond motifs is 6. The third-order valence-electron chi connectivity index (χ3n) is 13.2. The lowest BCUT2D eigenvalue weighted by atomic mass is 9.95. The molecule has 59 heavy (non-hydrogen) atoms. The third kappa shape index (κ3) is 4.73. The SMILES string of the molecule is c1ccc([Si]2(c3ccccc3)c3ccccc3N3c4ccccc4[Si](c4ccccc4)(c4ccccc4)c4cc(N5c6ccccc6Cc6ccccc65)cc2c43)cc1. The van der Waals surface area contributed by atoms with Gasteiger partial charge in [0.15, 0.2) is 16.1 Å². The van der Waals surface area contributed by atoms with Gasteiger partial charge < -0.3 is 9.80 Å². The average molecular weight is 785 g/mol. The number of para-hydroxylation sites is 4. The molecule has 0 aromatic heterocycles. The van der Waals surface area contributed by atoms with Crippen LogP contribution >= 0.6 is 0 Å². The van der Waals surface area contributed by atoms with Gasteiger partial charge in [-0.1, -0.05) is 194 Å². The summed E-state index contributed by atoms with van der Waals surface area (Å²) in [4.78, 5) is 5.24. The van der Waals surface area contributed by atoms with Crippen molar-refractivity contribution in [2.75, 3.05) is 9.80 Å². The van der Waals surface area contributed by atoms with Crippen LogP contribution in [-0.2, 0) is 6.42 Å². The minimum Gasteiger partial charge on any atom is -0.311 e. The van der Waals surface area contributed by atoms with E-state index in [1.54, 1.807) is 0 Å². The molecule has 0 unspecified atom stereocenters. The molecule has 3 aliphatic rings. The number of nitrogens with zero attached hydrogens (tertiary/aromatic N) is 2. The highest BCUT2D eigenvalue weighted by Gasteiger charge is 2.56. The number of anilines is 6. The van der Waals surface area contributed by atoms with Crippen molar-refractivity contribution in [2.45, 2.75) is 6.42 Å². The monoisotopic (exact) mass is 784 g/mol. The first-order chi connectivity index (χ1) is 29.3. The number of hydrogen-bond acceptors (Lipinski definition) is 2. The zero-order chi connectivity index (χ0) is 39.0. The van der Waals surface area contributed by atoms with E-state index >= 15 is 0 Å². The first kappa shape index (κ1) is 34.1. The van der Waals surface area contributed by atoms with Crippen molar-refractivity contribution < 1.29 is 0 Å². The van der Waals surface area contributed by atoms with Gasteiger partial charge in [-0.05, 0) is 89.0 Å². The van der Waals surface area contributed by atoms with E-state index in [1.165, 1.54) is 86.7 Å². The molecule has 9 aromatic rings. The lowest BCUT2D eigenvalue weighted by Gasteiger charge is -2.52. The molecule has 4 heteroatoms. The molecule has 0 spiro atoms. The van der Waals surface area contributed by atoms with Gasteiger partial charge in [0, 0.05) is 40.5 Å². The fourth-order valence-electron chi connectivity index (χ4n) is 10.9. The van der Waals surface area contributed by atoms with E-state index in [4.69, 9.17) is 0 Å². The minimum atomic E-state index is -3.04. The van der Waals surface area contributed by atoms with Gasteiger partial charge in [0.1, 0.15) is 0 Å². The van der Waals surface area contributed by atoms with E-state index < -0.39 is 16.1 Å². The predicted octanol–water partition coefficient (Wildman–Crippen LogP) is 7.91. The number of hydrogen-bond donors (Lipinski definition) is 0. The highest BCUT2D eigenvalue weighted by molar-refractivity contribution is 7.24. The standard InChI is InChI=1S/C55H40N2Si2/c1-5-23-43(24-6-1)58(44-25-7-2-8-26-44)51-35-19-17-33-49(51)57-50-34-18-20-36-52(50)59(45-27-9-3-10-28-45,46-29-11-4-12-30-46)54-39-42(38-53(58)55(54)57)56-47-31-15-13-21-40(47)37-41-22-14-16-32-48(41)56/h1-36,38-39H,37H2. The summed E-state index contributed by atoms with van der Waals surface area (Å²) in [6, 6.07) is 87.9. The second-order valence-electron chi connectivity index (χ2n) is 16.0. The Bertz CT molecular complexity index is 2760. The molecule has 0 amide bonds. The molecule has 278 valence electrons. The maximum atomic E-state index is 2.66. The van der Waals surface area contributed by atoms with Gasteiger partial charge in [-0.2, -0.15) is 0 Å². The summed E-state index contributed by atoms with van der Waals surface area (Å²) in [5, 5.41) is 11.3. The largest absolute Gasteiger partial charge is 0.311 e. The lowest BCUT2D eigenvalue weighted by molar-refractivity contribution is 1.09. The average Bonchev–Trinajstić information content (AvgIpc) is 3.32. The van der Waals surface area contributed by atoms with Crippen LogP contribution in [0.1, 0.15) is 11.1 Å². The molecule has 3 heterocycles. The molecule has 3 aliphatic heterocycles. The number of benzene rings is 9. The quantitative estimate of drug-likeness (QED) is 0.164. The van der Waals surface area contributed by atoms with Crippen molar-refractivity contribution in [3.63, 3.8) is 0 Å². The first-order valence-electron chi connectivity index (χ1n) is 20.7. The summed E-state index contributed by atoms with van der Waals surface area (Å²) in [5.41, 5.74) is 10.3. The summed E-state index contributed by atoms with van der Waals surface area (Å²) in [6.45, 7) is 0. The minimum absolute atomic E-state index is 0.911. The summed E-state index contributed by atoms with van der Waals surface area (Å²) < 4.78 is 0. The van der Waals surface area contributed by atoms with Crippen molar-refractivity contribution >= 4 is 91.8 Å². The highest BCUT2D eigenvalue weighted by Crippen LogP contribution is 2.47. The van der Waals surface area contributed by atoms with Gasteiger partial charge in [0.05, 0.1) is 0 Å². The highest BCUT2D eigenvalue weighted by atomic mass is 28.3. The van der Waals surface area contributed by atoms with Gasteiger partial charge in [0.2, 0.25) is 0 Å². The Morgan fingerprint density at radius 3 is 1.00 bits per heavy atom. The molecule has 0 bridgehead atoms. The van der Waals surface area contributed by atoms with Gasteiger partial charge in [-0.25, -0.2) is 0 Å². The van der Waals surface area contributed by atoms with E-state index in [0.29, 0.717) is 0 Å². The van der Waals surface area contributed by atoms with Crippen molar-refractivity contribution in [1.82, 2.24) is 0 Å². The summed E-state index contributed by atoms with van der Waals surface area (Å²) in [6.07, 6.45) is 0.911. The van der Waals surface area contributed by atoms with Crippen molar-refractivity contribution in [2.24, 2.45) is 0 Å². The Hall–Kier alpha value is -6.99. The van der Waals surface area contributed by atoms with Crippen molar-refractivity contribution in [3.05, 3.63) is 242 Å². The molecular formula is C55H40N2Si2. The van der Waals surface area contributed by atoms with Crippen LogP contribution in [0.15, 0.2) is 231 Å². The van der Waals surface area contributed by atoms with Gasteiger partial charge in [-0.3, -0.25) is 0 Å². The number of rotatable bonds is 5. The van der Waals surface area contributed by atoms with Crippen LogP contribution in [0.2, 0.25) is 0 Å². The van der Waals surface area contributed by atoms with E-state index in [0.717, 1.165) is 6.42 Å². The van der Waals surface area contributed by atoms with E-state index in [1.807, 2.05) is 0 Å². The zero-order valence-electron chi connectivity index (χ0n) is 32.5. The summed E-state index contributed by atoms with van der Waals surface area (Å²) in [5.74, 6) is 0. The second kappa shape index (κ2) is 13.3. The molecule has 0 aliphatic carbocycles. The molecule has 0 atom stereocenters. The smallest absolute Gasteiger partial charge is 0.184 e. The van der Waals surface area contributed by atoms with Gasteiger partial charge in [0.25, 0.3) is 0 Å². The molecule has 9 aromatic carbocycles. The van der Waals surface area contributed by atoms with Gasteiger partial charge >= 0.3 is 0 Å². The van der Waals surface area contributed by atoms with Crippen molar-refractivity contribution in [1.29, 1.82) is 0 Å². The van der Waals surface area contributed by atoms with E-state index in [9.17, 15) is 0 Å². The van der Waals surface area contributed by atoms with Crippen LogP contribution in [0.25, 0.3) is 0 Å². The van der Waals surface area contributed by atoms with Crippen molar-refractivity contribution in [3.8, 4) is 0 Å². The summed E-state index contributed by atoms with van der Waals surface area (Å²) >= 11 is 0. The molecule has 0 N–H and O–H groups in total. The Labute approximate surface area is 348 Å². The Morgan fingerprint density at radius 1 is 0.288 bits per heavy atom. The van der Waals surface area contributed by atoms with Crippen LogP contribution in [0.4, 0.5) is 34.1 Å². The maximum Gasteiger partial charge on any atom is 0.184 e. The fourth-order valence-corrected chi connectivity index (χ4v) is 21.3. The Balaban J connectivity index is 1.34. The van der Waals surface area contributed by atoms with Crippen LogP contribution in [-0.4, -0.2) is 16.1 Å². The molecule has 0 saturated carbocycles. The van der Waals surface area contributed by atoms with Crippen LogP contribution < -0.4 is 51.3 Å². The molecule has 0 radical (unpaired) electrons. The molecule has 2 nitrogen and oxygen atoms in total.